The van der Waals surface area contributed by atoms with Crippen molar-refractivity contribution in [1.82, 2.24) is 0 Å². The maximum Gasteiger partial charge on any atom is 0.416 e. The number of hydrogen-bond donors (Lipinski definition) is 1. The van der Waals surface area contributed by atoms with E-state index in [9.17, 15) is 13.2 Å². The highest BCUT2D eigenvalue weighted by Crippen LogP contribution is 2.34. The molecule has 2 nitrogen and oxygen atoms in total. The number of hydrogen-bond acceptors (Lipinski definition) is 2. The molecule has 0 bridgehead atoms. The zero-order chi connectivity index (χ0) is 14.6. The minimum Gasteiger partial charge on any atom is -0.372 e. The van der Waals surface area contributed by atoms with Gasteiger partial charge in [-0.1, -0.05) is 13.8 Å². The van der Waals surface area contributed by atoms with Crippen molar-refractivity contribution in [3.05, 3.63) is 29.3 Å². The molecule has 0 saturated heterocycles. The molecule has 1 aromatic rings. The van der Waals surface area contributed by atoms with E-state index in [1.54, 1.807) is 6.07 Å². The third-order valence-corrected chi connectivity index (χ3v) is 2.95. The van der Waals surface area contributed by atoms with Gasteiger partial charge in [0.05, 0.1) is 5.56 Å². The van der Waals surface area contributed by atoms with Gasteiger partial charge >= 0.3 is 6.18 Å². The fraction of sp³-hybridized carbons (Fsp3) is 0.571. The molecule has 5 heteroatoms. The highest BCUT2D eigenvalue weighted by molar-refractivity contribution is 5.51. The highest BCUT2D eigenvalue weighted by Gasteiger charge is 2.33. The van der Waals surface area contributed by atoms with Crippen LogP contribution in [0.3, 0.4) is 0 Å². The van der Waals surface area contributed by atoms with E-state index < -0.39 is 11.7 Å². The highest BCUT2D eigenvalue weighted by atomic mass is 19.4. The Balaban J connectivity index is 3.11. The average Bonchev–Trinajstić information content (AvgIpc) is 2.33. The topological polar surface area (TPSA) is 29.3 Å². The first kappa shape index (κ1) is 15.8. The predicted molar refractivity (Wildman–Crippen MR) is 72.1 cm³/mol. The second-order valence-electron chi connectivity index (χ2n) is 4.98. The Morgan fingerprint density at radius 2 is 1.89 bits per heavy atom. The third kappa shape index (κ3) is 4.13. The lowest BCUT2D eigenvalue weighted by Crippen LogP contribution is -2.27. The lowest BCUT2D eigenvalue weighted by molar-refractivity contribution is -0.138. The van der Waals surface area contributed by atoms with E-state index in [1.165, 1.54) is 6.07 Å². The van der Waals surface area contributed by atoms with Crippen molar-refractivity contribution >= 4 is 5.69 Å². The Kier molecular flexibility index (Phi) is 5.23. The van der Waals surface area contributed by atoms with E-state index in [2.05, 4.69) is 18.7 Å². The van der Waals surface area contributed by atoms with Crippen LogP contribution in [0.2, 0.25) is 0 Å². The summed E-state index contributed by atoms with van der Waals surface area (Å²) in [5.74, 6) is 0.448. The lowest BCUT2D eigenvalue weighted by Gasteiger charge is -2.26. The number of anilines is 1. The molecule has 1 rings (SSSR count). The summed E-state index contributed by atoms with van der Waals surface area (Å²) in [4.78, 5) is 2.06. The van der Waals surface area contributed by atoms with Gasteiger partial charge in [-0.3, -0.25) is 0 Å². The number of benzene rings is 1. The molecule has 1 aromatic carbocycles. The van der Waals surface area contributed by atoms with E-state index in [1.807, 2.05) is 6.92 Å². The van der Waals surface area contributed by atoms with Gasteiger partial charge < -0.3 is 10.6 Å². The van der Waals surface area contributed by atoms with Crippen LogP contribution in [0, 0.1) is 5.92 Å². The van der Waals surface area contributed by atoms with Gasteiger partial charge in [-0.05, 0) is 36.6 Å². The molecule has 0 spiro atoms. The molecule has 0 heterocycles. The van der Waals surface area contributed by atoms with Crippen LogP contribution in [0.4, 0.5) is 18.9 Å². The summed E-state index contributed by atoms with van der Waals surface area (Å²) in [7, 11) is 0. The van der Waals surface area contributed by atoms with Crippen LogP contribution < -0.4 is 10.6 Å². The summed E-state index contributed by atoms with van der Waals surface area (Å²) in [6, 6.07) is 4.20. The maximum absolute atomic E-state index is 12.8. The molecular weight excluding hydrogens is 253 g/mol. The second-order valence-corrected chi connectivity index (χ2v) is 4.98. The van der Waals surface area contributed by atoms with Crippen molar-refractivity contribution in [3.63, 3.8) is 0 Å². The first-order valence-corrected chi connectivity index (χ1v) is 6.44. The van der Waals surface area contributed by atoms with Gasteiger partial charge in [0.1, 0.15) is 0 Å². The number of alkyl halides is 3. The minimum atomic E-state index is -4.34. The first-order chi connectivity index (χ1) is 8.79. The van der Waals surface area contributed by atoms with Gasteiger partial charge in [-0.15, -0.1) is 0 Å². The Morgan fingerprint density at radius 3 is 2.32 bits per heavy atom. The molecular formula is C14H21F3N2. The third-order valence-electron chi connectivity index (χ3n) is 2.95. The molecule has 0 aliphatic rings. The molecule has 0 saturated carbocycles. The summed E-state index contributed by atoms with van der Waals surface area (Å²) < 4.78 is 38.4. The quantitative estimate of drug-likeness (QED) is 0.888. The van der Waals surface area contributed by atoms with E-state index in [4.69, 9.17) is 5.73 Å². The molecule has 0 aliphatic heterocycles. The van der Waals surface area contributed by atoms with Crippen molar-refractivity contribution in [2.45, 2.75) is 33.5 Å². The molecule has 0 radical (unpaired) electrons. The zero-order valence-corrected chi connectivity index (χ0v) is 11.6. The smallest absolute Gasteiger partial charge is 0.372 e. The second kappa shape index (κ2) is 6.28. The van der Waals surface area contributed by atoms with E-state index in [-0.39, 0.29) is 12.1 Å². The van der Waals surface area contributed by atoms with Crippen molar-refractivity contribution in [1.29, 1.82) is 0 Å². The fourth-order valence-corrected chi connectivity index (χ4v) is 2.08. The SMILES string of the molecule is CCN(CC(C)C)c1ccc(C(F)(F)F)c(CN)c1. The van der Waals surface area contributed by atoms with Crippen LogP contribution in [0.15, 0.2) is 18.2 Å². The Morgan fingerprint density at radius 1 is 1.26 bits per heavy atom. The van der Waals surface area contributed by atoms with Crippen molar-refractivity contribution in [3.8, 4) is 0 Å². The minimum absolute atomic E-state index is 0.109. The molecule has 0 atom stereocenters. The maximum atomic E-state index is 12.8. The molecule has 19 heavy (non-hydrogen) atoms. The normalized spacial score (nSPS) is 12.0. The van der Waals surface area contributed by atoms with E-state index in [0.717, 1.165) is 24.8 Å². The standard InChI is InChI=1S/C14H21F3N2/c1-4-19(9-10(2)3)12-5-6-13(14(15,16)17)11(7-12)8-18/h5-7,10H,4,8-9,18H2,1-3H3. The number of rotatable bonds is 5. The first-order valence-electron chi connectivity index (χ1n) is 6.44. The van der Waals surface area contributed by atoms with E-state index in [0.29, 0.717) is 5.92 Å². The summed E-state index contributed by atoms with van der Waals surface area (Å²) in [5, 5.41) is 0. The summed E-state index contributed by atoms with van der Waals surface area (Å²) >= 11 is 0. The summed E-state index contributed by atoms with van der Waals surface area (Å²) in [5.41, 5.74) is 5.74. The number of nitrogens with zero attached hydrogens (tertiary/aromatic N) is 1. The fourth-order valence-electron chi connectivity index (χ4n) is 2.08. The van der Waals surface area contributed by atoms with Gasteiger partial charge in [-0.25, -0.2) is 0 Å². The summed E-state index contributed by atoms with van der Waals surface area (Å²) in [6.07, 6.45) is -4.34. The van der Waals surface area contributed by atoms with Crippen LogP contribution >= 0.6 is 0 Å². The van der Waals surface area contributed by atoms with E-state index >= 15 is 0 Å². The van der Waals surface area contributed by atoms with Gasteiger partial charge in [0, 0.05) is 25.3 Å². The van der Waals surface area contributed by atoms with Crippen LogP contribution in [-0.4, -0.2) is 13.1 Å². The Labute approximate surface area is 112 Å². The predicted octanol–water partition coefficient (Wildman–Crippen LogP) is 3.65. The van der Waals surface area contributed by atoms with Gasteiger partial charge in [0.2, 0.25) is 0 Å². The lowest BCUT2D eigenvalue weighted by atomic mass is 10.0. The molecule has 0 aliphatic carbocycles. The molecule has 2 N–H and O–H groups in total. The monoisotopic (exact) mass is 274 g/mol. The number of halogens is 3. The van der Waals surface area contributed by atoms with Crippen molar-refractivity contribution < 1.29 is 13.2 Å². The Hall–Kier alpha value is -1.23. The molecule has 0 fully saturated rings. The zero-order valence-electron chi connectivity index (χ0n) is 11.6. The van der Waals surface area contributed by atoms with Crippen LogP contribution in [-0.2, 0) is 12.7 Å². The Bertz CT molecular complexity index is 414. The number of nitrogens with two attached hydrogens (primary N) is 1. The molecule has 0 amide bonds. The molecule has 0 aromatic heterocycles. The largest absolute Gasteiger partial charge is 0.416 e. The van der Waals surface area contributed by atoms with Crippen LogP contribution in [0.1, 0.15) is 31.9 Å². The van der Waals surface area contributed by atoms with Gasteiger partial charge in [-0.2, -0.15) is 13.2 Å². The van der Waals surface area contributed by atoms with Crippen LogP contribution in [0.25, 0.3) is 0 Å². The molecule has 108 valence electrons. The van der Waals surface area contributed by atoms with Gasteiger partial charge in [0.25, 0.3) is 0 Å². The van der Waals surface area contributed by atoms with Gasteiger partial charge in [0.15, 0.2) is 0 Å². The molecule has 0 unspecified atom stereocenters. The summed E-state index contributed by atoms with van der Waals surface area (Å²) in [6.45, 7) is 7.61. The van der Waals surface area contributed by atoms with Crippen molar-refractivity contribution in [2.75, 3.05) is 18.0 Å². The van der Waals surface area contributed by atoms with Crippen molar-refractivity contribution in [2.24, 2.45) is 11.7 Å². The average molecular weight is 274 g/mol. The van der Waals surface area contributed by atoms with Crippen LogP contribution in [0.5, 0.6) is 0 Å².